The zero-order valence-electron chi connectivity index (χ0n) is 10.2. The predicted octanol–water partition coefficient (Wildman–Crippen LogP) is 2.23. The van der Waals surface area contributed by atoms with Crippen molar-refractivity contribution in [2.45, 2.75) is 59.0 Å². The Labute approximate surface area is 88.8 Å². The molecule has 1 rings (SSSR count). The van der Waals surface area contributed by atoms with E-state index in [0.717, 1.165) is 6.54 Å². The van der Waals surface area contributed by atoms with Gasteiger partial charge in [-0.3, -0.25) is 4.90 Å². The first kappa shape index (κ1) is 12.0. The van der Waals surface area contributed by atoms with E-state index in [1.165, 1.54) is 25.8 Å². The zero-order valence-corrected chi connectivity index (χ0v) is 10.2. The van der Waals surface area contributed by atoms with Crippen LogP contribution >= 0.6 is 0 Å². The molecule has 0 amide bonds. The summed E-state index contributed by atoms with van der Waals surface area (Å²) >= 11 is 0. The van der Waals surface area contributed by atoms with Crippen molar-refractivity contribution in [1.29, 1.82) is 0 Å². The van der Waals surface area contributed by atoms with E-state index in [2.05, 4.69) is 32.6 Å². The molecule has 0 aromatic carbocycles. The summed E-state index contributed by atoms with van der Waals surface area (Å²) in [6.45, 7) is 11.2. The van der Waals surface area contributed by atoms with Crippen LogP contribution in [0.3, 0.4) is 0 Å². The van der Waals surface area contributed by atoms with Crippen LogP contribution in [0.15, 0.2) is 0 Å². The van der Waals surface area contributed by atoms with E-state index >= 15 is 0 Å². The molecule has 0 radical (unpaired) electrons. The lowest BCUT2D eigenvalue weighted by atomic mass is 9.78. The highest BCUT2D eigenvalue weighted by Crippen LogP contribution is 2.32. The van der Waals surface area contributed by atoms with Crippen LogP contribution in [0.25, 0.3) is 0 Å². The summed E-state index contributed by atoms with van der Waals surface area (Å²) in [6.07, 6.45) is 4.05. The molecule has 14 heavy (non-hydrogen) atoms. The van der Waals surface area contributed by atoms with E-state index in [1.54, 1.807) is 0 Å². The average molecular weight is 198 g/mol. The summed E-state index contributed by atoms with van der Waals surface area (Å²) in [5.41, 5.74) is 6.14. The van der Waals surface area contributed by atoms with E-state index in [4.69, 9.17) is 5.73 Å². The van der Waals surface area contributed by atoms with Crippen molar-refractivity contribution in [3.05, 3.63) is 0 Å². The third-order valence-electron chi connectivity index (χ3n) is 3.64. The van der Waals surface area contributed by atoms with E-state index < -0.39 is 0 Å². The summed E-state index contributed by atoms with van der Waals surface area (Å²) in [4.78, 5) is 2.64. The number of likely N-dealkylation sites (tertiary alicyclic amines) is 1. The molecule has 1 fully saturated rings. The first-order chi connectivity index (χ1) is 6.49. The molecule has 1 atom stereocenters. The monoisotopic (exact) mass is 198 g/mol. The smallest absolute Gasteiger partial charge is 0.0161 e. The molecular formula is C12H26N2. The lowest BCUT2D eigenvalue weighted by molar-refractivity contribution is 0.0340. The first-order valence-corrected chi connectivity index (χ1v) is 5.95. The molecule has 0 saturated carbocycles. The fraction of sp³-hybridized carbons (Fsp3) is 1.00. The van der Waals surface area contributed by atoms with Crippen LogP contribution in [-0.2, 0) is 0 Å². The van der Waals surface area contributed by atoms with Gasteiger partial charge in [-0.2, -0.15) is 0 Å². The summed E-state index contributed by atoms with van der Waals surface area (Å²) in [5, 5.41) is 0. The van der Waals surface area contributed by atoms with Crippen LogP contribution in [0, 0.1) is 5.41 Å². The molecule has 0 bridgehead atoms. The number of piperidine rings is 1. The van der Waals surface area contributed by atoms with Gasteiger partial charge in [-0.25, -0.2) is 0 Å². The van der Waals surface area contributed by atoms with Crippen molar-refractivity contribution in [1.82, 2.24) is 4.90 Å². The maximum Gasteiger partial charge on any atom is 0.0161 e. The van der Waals surface area contributed by atoms with Crippen molar-refractivity contribution in [2.24, 2.45) is 11.1 Å². The van der Waals surface area contributed by atoms with Gasteiger partial charge in [-0.1, -0.05) is 20.3 Å². The molecule has 1 saturated heterocycles. The molecule has 2 N–H and O–H groups in total. The van der Waals surface area contributed by atoms with Crippen LogP contribution < -0.4 is 5.73 Å². The highest BCUT2D eigenvalue weighted by molar-refractivity contribution is 4.90. The summed E-state index contributed by atoms with van der Waals surface area (Å²) in [6, 6.07) is 1.34. The molecule has 0 aromatic heterocycles. The fourth-order valence-corrected chi connectivity index (χ4v) is 2.55. The fourth-order valence-electron chi connectivity index (χ4n) is 2.55. The minimum Gasteiger partial charge on any atom is -0.330 e. The minimum atomic E-state index is 0.269. The van der Waals surface area contributed by atoms with Gasteiger partial charge in [0.05, 0.1) is 0 Å². The van der Waals surface area contributed by atoms with Crippen molar-refractivity contribution in [2.75, 3.05) is 13.1 Å². The minimum absolute atomic E-state index is 0.269. The normalized spacial score (nSPS) is 25.7. The molecule has 84 valence electrons. The van der Waals surface area contributed by atoms with Crippen LogP contribution in [0.4, 0.5) is 0 Å². The SMILES string of the molecule is CC(C)N1CCCCC1C(C)(C)CN. The van der Waals surface area contributed by atoms with Crippen LogP contribution in [0.5, 0.6) is 0 Å². The van der Waals surface area contributed by atoms with E-state index in [1.807, 2.05) is 0 Å². The molecule has 1 aliphatic rings. The van der Waals surface area contributed by atoms with Crippen LogP contribution in [0.1, 0.15) is 47.0 Å². The molecule has 0 spiro atoms. The van der Waals surface area contributed by atoms with Crippen molar-refractivity contribution >= 4 is 0 Å². The molecule has 2 heteroatoms. The van der Waals surface area contributed by atoms with Gasteiger partial charge in [-0.15, -0.1) is 0 Å². The quantitative estimate of drug-likeness (QED) is 0.753. The Hall–Kier alpha value is -0.0800. The number of hydrogen-bond donors (Lipinski definition) is 1. The van der Waals surface area contributed by atoms with Crippen molar-refractivity contribution in [3.8, 4) is 0 Å². The lowest BCUT2D eigenvalue weighted by Crippen LogP contribution is -2.53. The largest absolute Gasteiger partial charge is 0.330 e. The standard InChI is InChI=1S/C12H26N2/c1-10(2)14-8-6-5-7-11(14)12(3,4)9-13/h10-11H,5-9,13H2,1-4H3. The Balaban J connectivity index is 2.72. The molecule has 0 aromatic rings. The highest BCUT2D eigenvalue weighted by atomic mass is 15.2. The zero-order chi connectivity index (χ0) is 10.8. The maximum absolute atomic E-state index is 5.87. The number of nitrogens with zero attached hydrogens (tertiary/aromatic N) is 1. The third-order valence-corrected chi connectivity index (χ3v) is 3.64. The van der Waals surface area contributed by atoms with Gasteiger partial charge < -0.3 is 5.73 Å². The molecule has 1 unspecified atom stereocenters. The van der Waals surface area contributed by atoms with Crippen LogP contribution in [0.2, 0.25) is 0 Å². The number of rotatable bonds is 3. The van der Waals surface area contributed by atoms with Gasteiger partial charge in [0.1, 0.15) is 0 Å². The summed E-state index contributed by atoms with van der Waals surface area (Å²) in [7, 11) is 0. The van der Waals surface area contributed by atoms with Gasteiger partial charge >= 0.3 is 0 Å². The molecule has 1 aliphatic heterocycles. The molecule has 2 nitrogen and oxygen atoms in total. The third kappa shape index (κ3) is 2.48. The summed E-state index contributed by atoms with van der Waals surface area (Å²) in [5.74, 6) is 0. The second-order valence-electron chi connectivity index (χ2n) is 5.54. The highest BCUT2D eigenvalue weighted by Gasteiger charge is 2.35. The second kappa shape index (κ2) is 4.63. The van der Waals surface area contributed by atoms with Gasteiger partial charge in [0, 0.05) is 12.1 Å². The maximum atomic E-state index is 5.87. The van der Waals surface area contributed by atoms with Gasteiger partial charge in [0.25, 0.3) is 0 Å². The van der Waals surface area contributed by atoms with Crippen molar-refractivity contribution < 1.29 is 0 Å². The van der Waals surface area contributed by atoms with Crippen LogP contribution in [-0.4, -0.2) is 30.1 Å². The Morgan fingerprint density at radius 3 is 2.50 bits per heavy atom. The summed E-state index contributed by atoms with van der Waals surface area (Å²) < 4.78 is 0. The average Bonchev–Trinajstić information content (AvgIpc) is 2.18. The Morgan fingerprint density at radius 2 is 2.00 bits per heavy atom. The second-order valence-corrected chi connectivity index (χ2v) is 5.54. The van der Waals surface area contributed by atoms with Gasteiger partial charge in [0.15, 0.2) is 0 Å². The Morgan fingerprint density at radius 1 is 1.36 bits per heavy atom. The Bertz CT molecular complexity index is 175. The first-order valence-electron chi connectivity index (χ1n) is 5.95. The van der Waals surface area contributed by atoms with Gasteiger partial charge in [0.2, 0.25) is 0 Å². The molecule has 0 aliphatic carbocycles. The van der Waals surface area contributed by atoms with Gasteiger partial charge in [-0.05, 0) is 45.2 Å². The number of nitrogens with two attached hydrogens (primary N) is 1. The molecular weight excluding hydrogens is 172 g/mol. The topological polar surface area (TPSA) is 29.3 Å². The van der Waals surface area contributed by atoms with E-state index in [-0.39, 0.29) is 5.41 Å². The number of hydrogen-bond acceptors (Lipinski definition) is 2. The van der Waals surface area contributed by atoms with E-state index in [0.29, 0.717) is 12.1 Å². The van der Waals surface area contributed by atoms with Crippen molar-refractivity contribution in [3.63, 3.8) is 0 Å². The lowest BCUT2D eigenvalue weighted by Gasteiger charge is -2.46. The molecule has 1 heterocycles. The predicted molar refractivity (Wildman–Crippen MR) is 62.3 cm³/mol. The van der Waals surface area contributed by atoms with E-state index in [9.17, 15) is 0 Å². The Kier molecular flexibility index (Phi) is 3.96.